The zero-order chi connectivity index (χ0) is 20.8. The van der Waals surface area contributed by atoms with Crippen molar-refractivity contribution in [2.24, 2.45) is 5.73 Å². The Morgan fingerprint density at radius 1 is 1.07 bits per heavy atom. The van der Waals surface area contributed by atoms with Crippen molar-refractivity contribution in [3.05, 3.63) is 67.1 Å². The highest BCUT2D eigenvalue weighted by atomic mass is 35.5. The summed E-state index contributed by atoms with van der Waals surface area (Å²) in [5, 5.41) is 12.0. The van der Waals surface area contributed by atoms with Gasteiger partial charge in [0, 0.05) is 0 Å². The van der Waals surface area contributed by atoms with E-state index < -0.39 is 11.9 Å². The number of halogens is 4. The first-order chi connectivity index (χ1) is 13.2. The summed E-state index contributed by atoms with van der Waals surface area (Å²) in [4.78, 5) is 22.5. The predicted octanol–water partition coefficient (Wildman–Crippen LogP) is 4.98. The molecule has 0 aromatic heterocycles. The Morgan fingerprint density at radius 3 is 2.25 bits per heavy atom. The highest BCUT2D eigenvalue weighted by Crippen LogP contribution is 2.35. The Labute approximate surface area is 180 Å². The number of nitrogens with zero attached hydrogens (tertiary/aromatic N) is 1. The molecule has 3 N–H and O–H groups in total. The van der Waals surface area contributed by atoms with Crippen LogP contribution in [0.25, 0.3) is 6.08 Å². The Bertz CT molecular complexity index is 993. The molecule has 0 bridgehead atoms. The quantitative estimate of drug-likeness (QED) is 0.486. The number of hydrogen-bond donors (Lipinski definition) is 2. The molecule has 0 saturated heterocycles. The average molecular weight is 459 g/mol. The maximum absolute atomic E-state index is 11.7. The van der Waals surface area contributed by atoms with E-state index in [2.05, 4.69) is 0 Å². The van der Waals surface area contributed by atoms with Gasteiger partial charge in [0.15, 0.2) is 5.75 Å². The molecule has 0 aliphatic carbocycles. The van der Waals surface area contributed by atoms with Crippen LogP contribution < -0.4 is 15.8 Å². The SMILES string of the molecule is N#C/C(=C/c1cc(Cl)c(OCc2ccc(Cl)c(Cl)c2)c(Cl)c1)C(=O)NC(N)=O. The van der Waals surface area contributed by atoms with Gasteiger partial charge in [0.2, 0.25) is 0 Å². The van der Waals surface area contributed by atoms with Crippen LogP contribution in [0, 0.1) is 11.3 Å². The van der Waals surface area contributed by atoms with Crippen molar-refractivity contribution in [3.8, 4) is 11.8 Å². The first-order valence-corrected chi connectivity index (χ1v) is 9.00. The fourth-order valence-electron chi connectivity index (χ4n) is 2.08. The summed E-state index contributed by atoms with van der Waals surface area (Å²) in [5.74, 6) is -0.728. The molecule has 2 aromatic rings. The largest absolute Gasteiger partial charge is 0.486 e. The zero-order valence-corrected chi connectivity index (χ0v) is 17.0. The average Bonchev–Trinajstić information content (AvgIpc) is 2.61. The van der Waals surface area contributed by atoms with Gasteiger partial charge in [-0.2, -0.15) is 5.26 Å². The van der Waals surface area contributed by atoms with Crippen molar-refractivity contribution < 1.29 is 14.3 Å². The molecule has 0 aliphatic heterocycles. The summed E-state index contributed by atoms with van der Waals surface area (Å²) >= 11 is 24.2. The lowest BCUT2D eigenvalue weighted by molar-refractivity contribution is -0.115. The molecule has 2 rings (SSSR count). The molecule has 0 heterocycles. The number of primary amides is 1. The molecule has 0 aliphatic rings. The van der Waals surface area contributed by atoms with E-state index in [-0.39, 0.29) is 28.0 Å². The number of nitrogens with two attached hydrogens (primary N) is 1. The van der Waals surface area contributed by atoms with Crippen molar-refractivity contribution in [2.75, 3.05) is 0 Å². The van der Waals surface area contributed by atoms with E-state index in [4.69, 9.17) is 62.1 Å². The van der Waals surface area contributed by atoms with E-state index >= 15 is 0 Å². The van der Waals surface area contributed by atoms with E-state index in [1.54, 1.807) is 29.6 Å². The lowest BCUT2D eigenvalue weighted by atomic mass is 10.1. The molecule has 10 heteroatoms. The molecule has 0 saturated carbocycles. The van der Waals surface area contributed by atoms with Crippen molar-refractivity contribution in [3.63, 3.8) is 0 Å². The zero-order valence-electron chi connectivity index (χ0n) is 13.9. The predicted molar refractivity (Wildman–Crippen MR) is 109 cm³/mol. The number of carbonyl (C=O) groups excluding carboxylic acids is 2. The molecule has 6 nitrogen and oxygen atoms in total. The second-order valence-corrected chi connectivity index (χ2v) is 6.97. The number of ether oxygens (including phenoxy) is 1. The van der Waals surface area contributed by atoms with Crippen LogP contribution in [0.1, 0.15) is 11.1 Å². The van der Waals surface area contributed by atoms with Gasteiger partial charge in [-0.3, -0.25) is 10.1 Å². The summed E-state index contributed by atoms with van der Waals surface area (Å²) < 4.78 is 5.64. The smallest absolute Gasteiger partial charge is 0.319 e. The second kappa shape index (κ2) is 9.67. The van der Waals surface area contributed by atoms with Crippen molar-refractivity contribution in [2.45, 2.75) is 6.61 Å². The molecule has 0 spiro atoms. The van der Waals surface area contributed by atoms with Gasteiger partial charge < -0.3 is 10.5 Å². The summed E-state index contributed by atoms with van der Waals surface area (Å²) in [7, 11) is 0. The van der Waals surface area contributed by atoms with Crippen LogP contribution in [0.3, 0.4) is 0 Å². The number of rotatable bonds is 5. The Balaban J connectivity index is 2.23. The lowest BCUT2D eigenvalue weighted by Gasteiger charge is -2.11. The number of benzene rings is 2. The molecule has 2 aromatic carbocycles. The van der Waals surface area contributed by atoms with Gasteiger partial charge in [0.1, 0.15) is 18.2 Å². The third kappa shape index (κ3) is 5.78. The van der Waals surface area contributed by atoms with Crippen LogP contribution in [0.4, 0.5) is 4.79 Å². The molecular formula is C18H11Cl4N3O3. The van der Waals surface area contributed by atoms with Gasteiger partial charge in [-0.05, 0) is 41.5 Å². The van der Waals surface area contributed by atoms with Crippen LogP contribution >= 0.6 is 46.4 Å². The number of hydrogen-bond acceptors (Lipinski definition) is 4. The normalized spacial score (nSPS) is 10.9. The minimum atomic E-state index is -1.08. The van der Waals surface area contributed by atoms with Gasteiger partial charge in [0.05, 0.1) is 20.1 Å². The van der Waals surface area contributed by atoms with Crippen LogP contribution in [0.15, 0.2) is 35.9 Å². The molecule has 0 radical (unpaired) electrons. The first-order valence-electron chi connectivity index (χ1n) is 7.49. The lowest BCUT2D eigenvalue weighted by Crippen LogP contribution is -2.35. The van der Waals surface area contributed by atoms with Gasteiger partial charge in [-0.1, -0.05) is 52.5 Å². The number of nitrogens with one attached hydrogen (secondary N) is 1. The number of imide groups is 1. The Hall–Kier alpha value is -2.43. The first kappa shape index (κ1) is 21.9. The topological polar surface area (TPSA) is 105 Å². The van der Waals surface area contributed by atoms with Crippen LogP contribution in [-0.4, -0.2) is 11.9 Å². The van der Waals surface area contributed by atoms with Crippen LogP contribution in [0.2, 0.25) is 20.1 Å². The highest BCUT2D eigenvalue weighted by Gasteiger charge is 2.14. The molecule has 0 fully saturated rings. The highest BCUT2D eigenvalue weighted by molar-refractivity contribution is 6.42. The molecular weight excluding hydrogens is 448 g/mol. The van der Waals surface area contributed by atoms with E-state index in [9.17, 15) is 9.59 Å². The summed E-state index contributed by atoms with van der Waals surface area (Å²) in [6.45, 7) is 0.135. The maximum Gasteiger partial charge on any atom is 0.319 e. The van der Waals surface area contributed by atoms with Crippen LogP contribution in [0.5, 0.6) is 5.75 Å². The fraction of sp³-hybridized carbons (Fsp3) is 0.0556. The molecule has 0 unspecified atom stereocenters. The Kier molecular flexibility index (Phi) is 7.55. The maximum atomic E-state index is 11.7. The van der Waals surface area contributed by atoms with Gasteiger partial charge in [0.25, 0.3) is 5.91 Å². The third-order valence-corrected chi connectivity index (χ3v) is 4.60. The monoisotopic (exact) mass is 457 g/mol. The van der Waals surface area contributed by atoms with Gasteiger partial charge in [-0.15, -0.1) is 0 Å². The van der Waals surface area contributed by atoms with E-state index in [1.807, 2.05) is 0 Å². The molecule has 3 amide bonds. The van der Waals surface area contributed by atoms with Crippen LogP contribution in [-0.2, 0) is 11.4 Å². The second-order valence-electron chi connectivity index (χ2n) is 5.34. The number of amides is 3. The van der Waals surface area contributed by atoms with Gasteiger partial charge >= 0.3 is 6.03 Å². The standard InChI is InChI=1S/C18H11Cl4N3O3/c19-12-2-1-9(4-13(12)20)8-28-16-14(21)5-10(6-15(16)22)3-11(7-23)17(26)25-18(24)27/h1-6H,8H2,(H3,24,25,26,27)/b11-3-. The summed E-state index contributed by atoms with van der Waals surface area (Å²) in [6, 6.07) is 8.52. The number of urea groups is 1. The minimum Gasteiger partial charge on any atom is -0.486 e. The number of nitriles is 1. The van der Waals surface area contributed by atoms with Gasteiger partial charge in [-0.25, -0.2) is 4.79 Å². The molecule has 28 heavy (non-hydrogen) atoms. The summed E-state index contributed by atoms with van der Waals surface area (Å²) in [5.41, 5.74) is 5.62. The number of carbonyl (C=O) groups is 2. The Morgan fingerprint density at radius 2 is 1.71 bits per heavy atom. The third-order valence-electron chi connectivity index (χ3n) is 3.30. The molecule has 0 atom stereocenters. The summed E-state index contributed by atoms with van der Waals surface area (Å²) in [6.07, 6.45) is 1.21. The van der Waals surface area contributed by atoms with Crippen molar-refractivity contribution in [1.82, 2.24) is 5.32 Å². The molecule has 144 valence electrons. The van der Waals surface area contributed by atoms with Crippen molar-refractivity contribution >= 4 is 64.4 Å². The van der Waals surface area contributed by atoms with E-state index in [1.165, 1.54) is 18.2 Å². The minimum absolute atomic E-state index is 0.135. The van der Waals surface area contributed by atoms with E-state index in [0.717, 1.165) is 5.56 Å². The van der Waals surface area contributed by atoms with Crippen molar-refractivity contribution in [1.29, 1.82) is 5.26 Å². The van der Waals surface area contributed by atoms with E-state index in [0.29, 0.717) is 15.6 Å². The fourth-order valence-corrected chi connectivity index (χ4v) is 3.01.